The van der Waals surface area contributed by atoms with Gasteiger partial charge in [0.15, 0.2) is 5.11 Å². The second-order valence-corrected chi connectivity index (χ2v) is 5.98. The summed E-state index contributed by atoms with van der Waals surface area (Å²) >= 11 is 5.14. The minimum absolute atomic E-state index is 0.171. The number of para-hydroxylation sites is 1. The average Bonchev–Trinajstić information content (AvgIpc) is 2.66. The van der Waals surface area contributed by atoms with E-state index in [1.165, 1.54) is 0 Å². The van der Waals surface area contributed by atoms with Gasteiger partial charge in [0.2, 0.25) is 5.91 Å². The van der Waals surface area contributed by atoms with Crippen molar-refractivity contribution >= 4 is 34.9 Å². The molecule has 0 saturated carbocycles. The Morgan fingerprint density at radius 2 is 1.85 bits per heavy atom. The van der Waals surface area contributed by atoms with Crippen LogP contribution in [0.3, 0.4) is 0 Å². The van der Waals surface area contributed by atoms with Crippen molar-refractivity contribution in [1.82, 2.24) is 5.32 Å². The monoisotopic (exact) mass is 386 g/mol. The van der Waals surface area contributed by atoms with E-state index >= 15 is 0 Å². The highest BCUT2D eigenvalue weighted by Crippen LogP contribution is 2.12. The van der Waals surface area contributed by atoms with Gasteiger partial charge in [-0.15, -0.1) is 0 Å². The molecule has 6 nitrogen and oxygen atoms in total. The molecule has 1 amide bonds. The van der Waals surface area contributed by atoms with E-state index in [4.69, 9.17) is 21.7 Å². The molecule has 27 heavy (non-hydrogen) atoms. The Morgan fingerprint density at radius 3 is 2.59 bits per heavy atom. The lowest BCUT2D eigenvalue weighted by Gasteiger charge is -2.11. The second kappa shape index (κ2) is 10.9. The highest BCUT2D eigenvalue weighted by molar-refractivity contribution is 7.80. The first-order chi connectivity index (χ1) is 13.1. The van der Waals surface area contributed by atoms with Crippen molar-refractivity contribution in [3.8, 4) is 5.75 Å². The fourth-order valence-corrected chi connectivity index (χ4v) is 2.46. The summed E-state index contributed by atoms with van der Waals surface area (Å²) in [5, 5.41) is 5.67. The zero-order chi connectivity index (χ0) is 19.5. The standard InChI is InChI=1S/C20H22N2O4S/c1-2-25-19(24)15-8-6-9-16(14-15)21-20(27)22-18(23)12-7-13-26-17-10-4-3-5-11-17/h3-6,8-11,14H,2,7,12-13H2,1H3,(H2,21,22,23,27). The fourth-order valence-electron chi connectivity index (χ4n) is 2.23. The molecule has 2 rings (SSSR count). The minimum atomic E-state index is -0.408. The molecule has 2 aromatic carbocycles. The largest absolute Gasteiger partial charge is 0.494 e. The molecule has 0 aliphatic rings. The number of hydrogen-bond donors (Lipinski definition) is 2. The van der Waals surface area contributed by atoms with Crippen LogP contribution in [0.5, 0.6) is 5.75 Å². The third-order valence-electron chi connectivity index (χ3n) is 3.44. The number of carbonyl (C=O) groups excluding carboxylic acids is 2. The van der Waals surface area contributed by atoms with Gasteiger partial charge in [-0.05, 0) is 55.9 Å². The summed E-state index contributed by atoms with van der Waals surface area (Å²) in [7, 11) is 0. The number of esters is 1. The number of hydrogen-bond acceptors (Lipinski definition) is 5. The van der Waals surface area contributed by atoms with Crippen LogP contribution in [-0.2, 0) is 9.53 Å². The molecule has 2 N–H and O–H groups in total. The predicted octanol–water partition coefficient (Wildman–Crippen LogP) is 3.54. The summed E-state index contributed by atoms with van der Waals surface area (Å²) in [4.78, 5) is 23.7. The predicted molar refractivity (Wildman–Crippen MR) is 108 cm³/mol. The zero-order valence-corrected chi connectivity index (χ0v) is 15.9. The lowest BCUT2D eigenvalue weighted by molar-refractivity contribution is -0.119. The first-order valence-corrected chi connectivity index (χ1v) is 9.05. The number of benzene rings is 2. The maximum absolute atomic E-state index is 11.9. The van der Waals surface area contributed by atoms with E-state index in [1.807, 2.05) is 30.3 Å². The van der Waals surface area contributed by atoms with Gasteiger partial charge in [-0.3, -0.25) is 4.79 Å². The van der Waals surface area contributed by atoms with Gasteiger partial charge >= 0.3 is 5.97 Å². The van der Waals surface area contributed by atoms with Crippen molar-refractivity contribution in [2.75, 3.05) is 18.5 Å². The minimum Gasteiger partial charge on any atom is -0.494 e. The SMILES string of the molecule is CCOC(=O)c1cccc(NC(=S)NC(=O)CCCOc2ccccc2)c1. The maximum Gasteiger partial charge on any atom is 0.338 e. The smallest absolute Gasteiger partial charge is 0.338 e. The molecule has 0 saturated heterocycles. The Hall–Kier alpha value is -2.93. The number of carbonyl (C=O) groups is 2. The zero-order valence-electron chi connectivity index (χ0n) is 15.1. The number of ether oxygens (including phenoxy) is 2. The van der Waals surface area contributed by atoms with E-state index in [9.17, 15) is 9.59 Å². The van der Waals surface area contributed by atoms with Gasteiger partial charge < -0.3 is 20.1 Å². The van der Waals surface area contributed by atoms with Gasteiger partial charge in [0, 0.05) is 12.1 Å². The van der Waals surface area contributed by atoms with Crippen molar-refractivity contribution in [1.29, 1.82) is 0 Å². The molecule has 0 bridgehead atoms. The van der Waals surface area contributed by atoms with Crippen LogP contribution in [-0.4, -0.2) is 30.2 Å². The number of amides is 1. The molecule has 0 aliphatic heterocycles. The van der Waals surface area contributed by atoms with E-state index < -0.39 is 5.97 Å². The first-order valence-electron chi connectivity index (χ1n) is 8.64. The molecular formula is C20H22N2O4S. The highest BCUT2D eigenvalue weighted by Gasteiger charge is 2.09. The lowest BCUT2D eigenvalue weighted by Crippen LogP contribution is -2.34. The Balaban J connectivity index is 1.72. The Bertz CT molecular complexity index is 781. The van der Waals surface area contributed by atoms with Crippen molar-refractivity contribution < 1.29 is 19.1 Å². The van der Waals surface area contributed by atoms with Crippen LogP contribution in [0.1, 0.15) is 30.1 Å². The molecule has 0 radical (unpaired) electrons. The molecule has 0 aliphatic carbocycles. The van der Waals surface area contributed by atoms with Crippen LogP contribution in [0.15, 0.2) is 54.6 Å². The molecule has 142 valence electrons. The van der Waals surface area contributed by atoms with Gasteiger partial charge in [0.25, 0.3) is 0 Å². The van der Waals surface area contributed by atoms with Gasteiger partial charge in [-0.2, -0.15) is 0 Å². The molecule has 0 heterocycles. The molecule has 7 heteroatoms. The van der Waals surface area contributed by atoms with E-state index in [-0.39, 0.29) is 17.4 Å². The normalized spacial score (nSPS) is 9.96. The number of anilines is 1. The van der Waals surface area contributed by atoms with E-state index in [2.05, 4.69) is 10.6 Å². The summed E-state index contributed by atoms with van der Waals surface area (Å²) in [5.41, 5.74) is 1.01. The van der Waals surface area contributed by atoms with Gasteiger partial charge in [-0.25, -0.2) is 4.79 Å². The van der Waals surface area contributed by atoms with Crippen LogP contribution >= 0.6 is 12.2 Å². The summed E-state index contributed by atoms with van der Waals surface area (Å²) in [6.07, 6.45) is 0.860. The second-order valence-electron chi connectivity index (χ2n) is 5.57. The van der Waals surface area contributed by atoms with Crippen molar-refractivity contribution in [2.24, 2.45) is 0 Å². The van der Waals surface area contributed by atoms with E-state index in [0.717, 1.165) is 5.75 Å². The van der Waals surface area contributed by atoms with Crippen LogP contribution < -0.4 is 15.4 Å². The molecule has 0 spiro atoms. The van der Waals surface area contributed by atoms with Crippen LogP contribution in [0, 0.1) is 0 Å². The third kappa shape index (κ3) is 7.45. The first kappa shape index (κ1) is 20.4. The quantitative estimate of drug-likeness (QED) is 0.411. The lowest BCUT2D eigenvalue weighted by atomic mass is 10.2. The number of nitrogens with one attached hydrogen (secondary N) is 2. The summed E-state index contributed by atoms with van der Waals surface area (Å²) in [6, 6.07) is 16.1. The summed E-state index contributed by atoms with van der Waals surface area (Å²) in [6.45, 7) is 2.49. The topological polar surface area (TPSA) is 76.7 Å². The van der Waals surface area contributed by atoms with E-state index in [0.29, 0.717) is 30.9 Å². The molecule has 0 atom stereocenters. The van der Waals surface area contributed by atoms with E-state index in [1.54, 1.807) is 31.2 Å². The van der Waals surface area contributed by atoms with Crippen LogP contribution in [0.25, 0.3) is 0 Å². The van der Waals surface area contributed by atoms with Gasteiger partial charge in [0.05, 0.1) is 18.8 Å². The summed E-state index contributed by atoms with van der Waals surface area (Å²) in [5.74, 6) is 0.164. The number of rotatable bonds is 8. The van der Waals surface area contributed by atoms with Gasteiger partial charge in [-0.1, -0.05) is 24.3 Å². The Kier molecular flexibility index (Phi) is 8.25. The molecule has 0 aromatic heterocycles. The van der Waals surface area contributed by atoms with Crippen LogP contribution in [0.4, 0.5) is 5.69 Å². The Labute approximate surface area is 163 Å². The molecule has 0 unspecified atom stereocenters. The third-order valence-corrected chi connectivity index (χ3v) is 3.65. The molecule has 2 aromatic rings. The van der Waals surface area contributed by atoms with Crippen molar-refractivity contribution in [3.63, 3.8) is 0 Å². The Morgan fingerprint density at radius 1 is 1.07 bits per heavy atom. The fraction of sp³-hybridized carbons (Fsp3) is 0.250. The van der Waals surface area contributed by atoms with Crippen molar-refractivity contribution in [3.05, 3.63) is 60.2 Å². The maximum atomic E-state index is 11.9. The molecular weight excluding hydrogens is 364 g/mol. The number of thiocarbonyl (C=S) groups is 1. The van der Waals surface area contributed by atoms with Crippen molar-refractivity contribution in [2.45, 2.75) is 19.8 Å². The van der Waals surface area contributed by atoms with Gasteiger partial charge in [0.1, 0.15) is 5.75 Å². The average molecular weight is 386 g/mol. The summed E-state index contributed by atoms with van der Waals surface area (Å²) < 4.78 is 10.5. The molecule has 0 fully saturated rings. The van der Waals surface area contributed by atoms with Crippen LogP contribution in [0.2, 0.25) is 0 Å². The highest BCUT2D eigenvalue weighted by atomic mass is 32.1.